The molecule has 4 rings (SSSR count). The third-order valence-corrected chi connectivity index (χ3v) is 5.31. The third kappa shape index (κ3) is 3.54. The van der Waals surface area contributed by atoms with E-state index in [1.165, 1.54) is 11.8 Å². The molecule has 27 heavy (non-hydrogen) atoms. The van der Waals surface area contributed by atoms with Gasteiger partial charge >= 0.3 is 5.97 Å². The summed E-state index contributed by atoms with van der Waals surface area (Å²) in [7, 11) is 0. The summed E-state index contributed by atoms with van der Waals surface area (Å²) < 4.78 is 6.10. The van der Waals surface area contributed by atoms with Gasteiger partial charge < -0.3 is 10.1 Å². The number of thioether (sulfide) groups is 1. The van der Waals surface area contributed by atoms with E-state index in [-0.39, 0.29) is 19.1 Å². The fourth-order valence-electron chi connectivity index (χ4n) is 2.68. The molecule has 1 aromatic heterocycles. The first-order valence-electron chi connectivity index (χ1n) is 8.16. The highest BCUT2D eigenvalue weighted by Crippen LogP contribution is 2.36. The molecule has 1 amide bonds. The van der Waals surface area contributed by atoms with Gasteiger partial charge in [0.15, 0.2) is 6.73 Å². The Hall–Kier alpha value is -3.20. The molecule has 2 heterocycles. The molecule has 3 aromatic rings. The fraction of sp³-hybridized carbons (Fsp3) is 0.167. The maximum absolute atomic E-state index is 12.3. The summed E-state index contributed by atoms with van der Waals surface area (Å²) in [5, 5.41) is 10.3. The van der Waals surface area contributed by atoms with Crippen LogP contribution in [0, 0.1) is 0 Å². The summed E-state index contributed by atoms with van der Waals surface area (Å²) in [6, 6.07) is 14.2. The first-order chi connectivity index (χ1) is 13.1. The van der Waals surface area contributed by atoms with Crippen molar-refractivity contribution in [3.8, 4) is 0 Å². The van der Waals surface area contributed by atoms with Crippen molar-refractivity contribution >= 4 is 40.2 Å². The molecule has 1 aliphatic rings. The predicted molar refractivity (Wildman–Crippen MR) is 99.2 cm³/mol. The number of amides is 1. The molecule has 0 aliphatic carbocycles. The highest BCUT2D eigenvalue weighted by molar-refractivity contribution is 8.01. The molecule has 9 heteroatoms. The van der Waals surface area contributed by atoms with Gasteiger partial charge in [-0.15, -0.1) is 16.9 Å². The van der Waals surface area contributed by atoms with Crippen LogP contribution in [0.2, 0.25) is 0 Å². The Morgan fingerprint density at radius 1 is 1.15 bits per heavy atom. The zero-order valence-corrected chi connectivity index (χ0v) is 14.8. The van der Waals surface area contributed by atoms with Gasteiger partial charge in [0.25, 0.3) is 5.56 Å². The molecule has 2 aromatic carbocycles. The van der Waals surface area contributed by atoms with Crippen molar-refractivity contribution in [3.63, 3.8) is 0 Å². The van der Waals surface area contributed by atoms with Crippen molar-refractivity contribution in [3.05, 3.63) is 58.9 Å². The van der Waals surface area contributed by atoms with Crippen LogP contribution in [-0.2, 0) is 21.1 Å². The molecule has 0 saturated carbocycles. The van der Waals surface area contributed by atoms with Gasteiger partial charge in [0.2, 0.25) is 5.91 Å². The van der Waals surface area contributed by atoms with E-state index in [4.69, 9.17) is 4.74 Å². The topological polar surface area (TPSA) is 103 Å². The number of esters is 1. The number of ether oxygens (including phenoxy) is 1. The third-order valence-electron chi connectivity index (χ3n) is 4.04. The highest BCUT2D eigenvalue weighted by atomic mass is 32.2. The number of carbonyl (C=O) groups excluding carboxylic acids is 2. The van der Waals surface area contributed by atoms with Crippen LogP contribution in [0.5, 0.6) is 0 Å². The van der Waals surface area contributed by atoms with Gasteiger partial charge in [0.05, 0.1) is 22.7 Å². The van der Waals surface area contributed by atoms with Crippen LogP contribution in [0.1, 0.15) is 6.42 Å². The smallest absolute Gasteiger partial charge is 0.309 e. The van der Waals surface area contributed by atoms with Gasteiger partial charge in [-0.1, -0.05) is 29.5 Å². The van der Waals surface area contributed by atoms with Gasteiger partial charge in [-0.05, 0) is 24.3 Å². The summed E-state index contributed by atoms with van der Waals surface area (Å²) >= 11 is 1.31. The number of carbonyl (C=O) groups is 2. The van der Waals surface area contributed by atoms with Gasteiger partial charge in [0.1, 0.15) is 5.52 Å². The number of anilines is 1. The normalized spacial score (nSPS) is 15.9. The van der Waals surface area contributed by atoms with E-state index in [2.05, 4.69) is 15.6 Å². The highest BCUT2D eigenvalue weighted by Gasteiger charge is 2.29. The summed E-state index contributed by atoms with van der Waals surface area (Å²) in [6.45, 7) is -0.356. The summed E-state index contributed by atoms with van der Waals surface area (Å²) in [4.78, 5) is 37.5. The van der Waals surface area contributed by atoms with Crippen molar-refractivity contribution in [1.29, 1.82) is 0 Å². The quantitative estimate of drug-likeness (QED) is 0.686. The zero-order valence-electron chi connectivity index (χ0n) is 14.0. The Kier molecular flexibility index (Phi) is 4.59. The molecule has 1 aliphatic heterocycles. The molecule has 136 valence electrons. The molecule has 1 N–H and O–H groups in total. The van der Waals surface area contributed by atoms with Crippen molar-refractivity contribution in [2.75, 3.05) is 5.32 Å². The number of hydrogen-bond donors (Lipinski definition) is 1. The largest absolute Gasteiger partial charge is 0.442 e. The second-order valence-electron chi connectivity index (χ2n) is 5.85. The minimum Gasteiger partial charge on any atom is -0.442 e. The monoisotopic (exact) mass is 382 g/mol. The van der Waals surface area contributed by atoms with E-state index in [1.54, 1.807) is 30.3 Å². The Labute approximate surface area is 157 Å². The van der Waals surface area contributed by atoms with Crippen LogP contribution in [0.4, 0.5) is 5.69 Å². The SMILES string of the molecule is O=C(C[C@H]1Sc2ccccc2NC1=O)OCn1nnc2ccccc2c1=O. The molecular weight excluding hydrogens is 368 g/mol. The molecule has 8 nitrogen and oxygen atoms in total. The van der Waals surface area contributed by atoms with Crippen molar-refractivity contribution in [1.82, 2.24) is 15.0 Å². The molecule has 0 spiro atoms. The van der Waals surface area contributed by atoms with Gasteiger partial charge in [-0.25, -0.2) is 0 Å². The van der Waals surface area contributed by atoms with Crippen molar-refractivity contribution in [2.45, 2.75) is 23.3 Å². The number of benzene rings is 2. The number of rotatable bonds is 4. The van der Waals surface area contributed by atoms with Crippen LogP contribution < -0.4 is 10.9 Å². The average Bonchev–Trinajstić information content (AvgIpc) is 2.68. The lowest BCUT2D eigenvalue weighted by Gasteiger charge is -2.23. The van der Waals surface area contributed by atoms with E-state index < -0.39 is 16.8 Å². The minimum absolute atomic E-state index is 0.111. The Bertz CT molecular complexity index is 1100. The number of nitrogens with one attached hydrogen (secondary N) is 1. The molecular formula is C18H14N4O4S. The fourth-order valence-corrected chi connectivity index (χ4v) is 3.77. The molecule has 0 bridgehead atoms. The van der Waals surface area contributed by atoms with Crippen molar-refractivity contribution < 1.29 is 14.3 Å². The first-order valence-corrected chi connectivity index (χ1v) is 9.04. The lowest BCUT2D eigenvalue weighted by atomic mass is 10.2. The van der Waals surface area contributed by atoms with Crippen molar-refractivity contribution in [2.24, 2.45) is 0 Å². The van der Waals surface area contributed by atoms with Crippen LogP contribution in [0.3, 0.4) is 0 Å². The number of para-hydroxylation sites is 1. The van der Waals surface area contributed by atoms with Crippen LogP contribution in [0.15, 0.2) is 58.2 Å². The van der Waals surface area contributed by atoms with Crippen LogP contribution in [-0.4, -0.2) is 32.1 Å². The van der Waals surface area contributed by atoms with Gasteiger partial charge in [-0.3, -0.25) is 14.4 Å². The zero-order chi connectivity index (χ0) is 18.8. The maximum atomic E-state index is 12.3. The Morgan fingerprint density at radius 3 is 2.81 bits per heavy atom. The lowest BCUT2D eigenvalue weighted by Crippen LogP contribution is -2.32. The van der Waals surface area contributed by atoms with Gasteiger partial charge in [0, 0.05) is 4.90 Å². The molecule has 0 unspecified atom stereocenters. The summed E-state index contributed by atoms with van der Waals surface area (Å²) in [6.07, 6.45) is -0.111. The summed E-state index contributed by atoms with van der Waals surface area (Å²) in [5.74, 6) is -0.845. The second kappa shape index (κ2) is 7.20. The molecule has 0 radical (unpaired) electrons. The lowest BCUT2D eigenvalue weighted by molar-refractivity contribution is -0.148. The van der Waals surface area contributed by atoms with E-state index in [1.807, 2.05) is 18.2 Å². The average molecular weight is 382 g/mol. The molecule has 0 fully saturated rings. The Morgan fingerprint density at radius 2 is 1.93 bits per heavy atom. The van der Waals surface area contributed by atoms with E-state index in [0.717, 1.165) is 15.3 Å². The number of fused-ring (bicyclic) bond motifs is 2. The summed E-state index contributed by atoms with van der Waals surface area (Å²) in [5.41, 5.74) is 0.807. The van der Waals surface area contributed by atoms with E-state index in [0.29, 0.717) is 10.9 Å². The Balaban J connectivity index is 1.41. The first kappa shape index (κ1) is 17.2. The number of nitrogens with zero attached hydrogens (tertiary/aromatic N) is 3. The van der Waals surface area contributed by atoms with Crippen LogP contribution in [0.25, 0.3) is 10.9 Å². The molecule has 1 atom stereocenters. The second-order valence-corrected chi connectivity index (χ2v) is 7.10. The van der Waals surface area contributed by atoms with Crippen LogP contribution >= 0.6 is 11.8 Å². The van der Waals surface area contributed by atoms with E-state index >= 15 is 0 Å². The predicted octanol–water partition coefficient (Wildman–Crippen LogP) is 1.80. The van der Waals surface area contributed by atoms with Gasteiger partial charge in [-0.2, -0.15) is 4.68 Å². The maximum Gasteiger partial charge on any atom is 0.309 e. The minimum atomic E-state index is -0.594. The standard InChI is InChI=1S/C18H14N4O4S/c23-16(9-15-17(24)19-13-7-3-4-8-14(13)27-15)26-10-22-18(25)11-5-1-2-6-12(11)20-21-22/h1-8,15H,9-10H2,(H,19,24)/t15-/m1/s1. The molecule has 0 saturated heterocycles. The number of hydrogen-bond acceptors (Lipinski definition) is 7. The van der Waals surface area contributed by atoms with E-state index in [9.17, 15) is 14.4 Å². The number of aromatic nitrogens is 3.